The van der Waals surface area contributed by atoms with Gasteiger partial charge in [-0.1, -0.05) is 58.4 Å². The van der Waals surface area contributed by atoms with E-state index in [1.54, 1.807) is 75.9 Å². The van der Waals surface area contributed by atoms with Crippen LogP contribution >= 0.6 is 0 Å². The van der Waals surface area contributed by atoms with Crippen LogP contribution in [-0.4, -0.2) is 163 Å². The number of para-hydroxylation sites is 2. The van der Waals surface area contributed by atoms with Gasteiger partial charge in [-0.25, -0.2) is 0 Å². The van der Waals surface area contributed by atoms with Gasteiger partial charge in [-0.3, -0.25) is 19.2 Å². The van der Waals surface area contributed by atoms with Gasteiger partial charge in [0.25, 0.3) is 0 Å². The van der Waals surface area contributed by atoms with E-state index in [1.807, 2.05) is 36.4 Å². The maximum atomic E-state index is 14.2. The first-order chi connectivity index (χ1) is 33.0. The molecule has 22 nitrogen and oxygen atoms in total. The number of nitrogens with one attached hydrogen (secondary N) is 4. The first kappa shape index (κ1) is 50.4. The SMILES string of the molecule is CN[C@@H](C)C(=O)N[C@H](C(=O)N1CCC[C@H]1Cn1nnnc1Oc1ccccc1)C(C)OCC#CC#CCO[C@H](C)[C@H](NC(=O)[C@H](C)NC)C(=O)N1CCC[C@H]1Cn1nnnc1Oc1ccccc1. The van der Waals surface area contributed by atoms with Crippen LogP contribution in [0.5, 0.6) is 23.5 Å². The van der Waals surface area contributed by atoms with Crippen LogP contribution in [0.25, 0.3) is 0 Å². The summed E-state index contributed by atoms with van der Waals surface area (Å²) >= 11 is 0. The van der Waals surface area contributed by atoms with Gasteiger partial charge >= 0.3 is 12.0 Å². The predicted molar refractivity (Wildman–Crippen MR) is 245 cm³/mol. The Labute approximate surface area is 395 Å². The van der Waals surface area contributed by atoms with Crippen molar-refractivity contribution in [3.8, 4) is 47.2 Å². The number of likely N-dealkylation sites (N-methyl/N-ethyl adjacent to an activating group) is 2. The number of amides is 4. The van der Waals surface area contributed by atoms with Crippen LogP contribution < -0.4 is 30.7 Å². The summed E-state index contributed by atoms with van der Waals surface area (Å²) in [5, 5.41) is 35.4. The Balaban J connectivity index is 1.04. The smallest absolute Gasteiger partial charge is 0.341 e. The lowest BCUT2D eigenvalue weighted by atomic mass is 10.1. The molecule has 6 rings (SSSR count). The number of carbonyl (C=O) groups excluding carboxylic acids is 4. The fourth-order valence-electron chi connectivity index (χ4n) is 7.62. The molecule has 4 N–H and O–H groups in total. The Morgan fingerprint density at radius 2 is 1.03 bits per heavy atom. The monoisotopic (exact) mass is 936 g/mol. The normalized spacial score (nSPS) is 18.1. The first-order valence-electron chi connectivity index (χ1n) is 22.7. The van der Waals surface area contributed by atoms with E-state index in [0.29, 0.717) is 37.4 Å². The van der Waals surface area contributed by atoms with E-state index in [0.717, 1.165) is 12.8 Å². The summed E-state index contributed by atoms with van der Waals surface area (Å²) in [7, 11) is 3.32. The van der Waals surface area contributed by atoms with Crippen LogP contribution in [0.4, 0.5) is 0 Å². The molecule has 2 aliphatic heterocycles. The Morgan fingerprint density at radius 3 is 1.41 bits per heavy atom. The molecule has 4 amide bonds. The van der Waals surface area contributed by atoms with Crippen molar-refractivity contribution in [3.63, 3.8) is 0 Å². The van der Waals surface area contributed by atoms with Crippen molar-refractivity contribution < 1.29 is 38.1 Å². The van der Waals surface area contributed by atoms with Crippen LogP contribution in [0, 0.1) is 23.7 Å². The van der Waals surface area contributed by atoms with Crippen LogP contribution in [0.1, 0.15) is 53.4 Å². The van der Waals surface area contributed by atoms with Crippen molar-refractivity contribution >= 4 is 23.6 Å². The highest BCUT2D eigenvalue weighted by atomic mass is 16.5. The van der Waals surface area contributed by atoms with Crippen LogP contribution in [-0.2, 0) is 41.7 Å². The highest BCUT2D eigenvalue weighted by Gasteiger charge is 2.40. The largest absolute Gasteiger partial charge is 0.423 e. The Morgan fingerprint density at radius 1 is 0.632 bits per heavy atom. The molecule has 2 aliphatic rings. The van der Waals surface area contributed by atoms with E-state index >= 15 is 0 Å². The van der Waals surface area contributed by atoms with Gasteiger partial charge in [0.05, 0.1) is 49.5 Å². The average Bonchev–Trinajstić information content (AvgIpc) is 4.20. The van der Waals surface area contributed by atoms with E-state index in [9.17, 15) is 19.2 Å². The number of aromatic nitrogens is 8. The molecule has 0 radical (unpaired) electrons. The van der Waals surface area contributed by atoms with Gasteiger partial charge in [-0.05, 0) is 124 Å². The fraction of sp³-hybridized carbons (Fsp3) is 0.522. The number of rotatable bonds is 22. The number of likely N-dealkylation sites (tertiary alicyclic amines) is 2. The summed E-state index contributed by atoms with van der Waals surface area (Å²) in [6, 6.07) is 15.0. The topological polar surface area (TPSA) is 247 Å². The Bertz CT molecular complexity index is 2230. The molecule has 2 aromatic heterocycles. The molecule has 1 unspecified atom stereocenters. The summed E-state index contributed by atoms with van der Waals surface area (Å²) in [6.45, 7) is 8.14. The lowest BCUT2D eigenvalue weighted by Gasteiger charge is -2.32. The van der Waals surface area contributed by atoms with E-state index < -0.39 is 36.4 Å². The maximum Gasteiger partial charge on any atom is 0.341 e. The quantitative estimate of drug-likeness (QED) is 0.0801. The number of hydrogen-bond acceptors (Lipinski definition) is 16. The molecule has 0 saturated carbocycles. The van der Waals surface area contributed by atoms with Gasteiger partial charge in [0, 0.05) is 13.1 Å². The molecule has 0 aliphatic carbocycles. The molecule has 362 valence electrons. The van der Waals surface area contributed by atoms with Gasteiger partial charge in [0.15, 0.2) is 0 Å². The van der Waals surface area contributed by atoms with Crippen LogP contribution in [0.15, 0.2) is 60.7 Å². The minimum atomic E-state index is -1.02. The van der Waals surface area contributed by atoms with Gasteiger partial charge < -0.3 is 50.0 Å². The second-order valence-corrected chi connectivity index (χ2v) is 16.4. The lowest BCUT2D eigenvalue weighted by Crippen LogP contribution is -2.58. The number of benzene rings is 2. The third-order valence-electron chi connectivity index (χ3n) is 11.8. The predicted octanol–water partition coefficient (Wildman–Crippen LogP) is 0.929. The summed E-state index contributed by atoms with van der Waals surface area (Å²) in [6.07, 6.45) is 1.35. The number of nitrogens with zero attached hydrogens (tertiary/aromatic N) is 10. The molecule has 0 spiro atoms. The van der Waals surface area contributed by atoms with Crippen molar-refractivity contribution in [1.82, 2.24) is 71.5 Å². The molecule has 0 bridgehead atoms. The minimum Gasteiger partial charge on any atom is -0.423 e. The van der Waals surface area contributed by atoms with Crippen molar-refractivity contribution in [2.24, 2.45) is 0 Å². The first-order valence-corrected chi connectivity index (χ1v) is 22.7. The molecule has 4 heterocycles. The van der Waals surface area contributed by atoms with E-state index in [-0.39, 0.29) is 74.0 Å². The molecule has 22 heteroatoms. The summed E-state index contributed by atoms with van der Waals surface area (Å²) < 4.78 is 26.8. The van der Waals surface area contributed by atoms with E-state index in [4.69, 9.17) is 18.9 Å². The summed E-state index contributed by atoms with van der Waals surface area (Å²) in [5.74, 6) is 11.0. The molecular weight excluding hydrogens is 877 g/mol. The molecule has 2 fully saturated rings. The molecule has 68 heavy (non-hydrogen) atoms. The minimum absolute atomic E-state index is 0.0869. The third kappa shape index (κ3) is 13.8. The lowest BCUT2D eigenvalue weighted by molar-refractivity contribution is -0.141. The number of tetrazole rings is 2. The highest BCUT2D eigenvalue weighted by Crippen LogP contribution is 2.26. The van der Waals surface area contributed by atoms with Crippen molar-refractivity contribution in [3.05, 3.63) is 60.7 Å². The number of carbonyl (C=O) groups is 4. The molecule has 2 aromatic carbocycles. The fourth-order valence-corrected chi connectivity index (χ4v) is 7.62. The summed E-state index contributed by atoms with van der Waals surface area (Å²) in [5.41, 5.74) is 0. The Hall–Kier alpha value is -6.98. The van der Waals surface area contributed by atoms with E-state index in [1.165, 1.54) is 9.36 Å². The summed E-state index contributed by atoms with van der Waals surface area (Å²) in [4.78, 5) is 58.1. The Kier molecular flexibility index (Phi) is 18.7. The van der Waals surface area contributed by atoms with Gasteiger partial charge in [0.2, 0.25) is 23.6 Å². The van der Waals surface area contributed by atoms with Crippen molar-refractivity contribution in [2.45, 2.75) is 115 Å². The maximum absolute atomic E-state index is 14.2. The third-order valence-corrected chi connectivity index (χ3v) is 11.8. The van der Waals surface area contributed by atoms with Gasteiger partial charge in [-0.15, -0.1) is 0 Å². The number of ether oxygens (including phenoxy) is 4. The van der Waals surface area contributed by atoms with Crippen LogP contribution in [0.2, 0.25) is 0 Å². The van der Waals surface area contributed by atoms with Crippen molar-refractivity contribution in [1.29, 1.82) is 0 Å². The molecule has 4 aromatic rings. The zero-order valence-corrected chi connectivity index (χ0v) is 39.2. The van der Waals surface area contributed by atoms with E-state index in [2.05, 4.69) is 76.0 Å². The highest BCUT2D eigenvalue weighted by molar-refractivity contribution is 5.91. The number of hydrogen-bond donors (Lipinski definition) is 4. The van der Waals surface area contributed by atoms with Crippen LogP contribution in [0.3, 0.4) is 0 Å². The van der Waals surface area contributed by atoms with Crippen molar-refractivity contribution in [2.75, 3.05) is 40.4 Å². The van der Waals surface area contributed by atoms with Gasteiger partial charge in [0.1, 0.15) is 36.8 Å². The second-order valence-electron chi connectivity index (χ2n) is 16.4. The molecular formula is C46H60N14O8. The second kappa shape index (κ2) is 25.2. The molecule has 2 saturated heterocycles. The van der Waals surface area contributed by atoms with Gasteiger partial charge in [-0.2, -0.15) is 9.36 Å². The average molecular weight is 937 g/mol. The standard InChI is InChI=1S/C46H60N14O8/c1-31(47-5)41(61)49-39(43(63)57-25-17-19-35(57)29-59-45(51-53-55-59)67-37-21-11-9-12-22-37)33(3)65-27-15-7-8-16-28-66-34(4)40(50-42(62)32(2)48-6)44(64)58-26-18-20-36(58)30-60-46(52-54-56-60)68-38-23-13-10-14-24-38/h9-14,21-24,31-36,39-40,47-48H,17-20,25-30H2,1-6H3,(H,49,61)(H,50,62)/t31-,32-,33+,34?,35-,36-,39-,40-/m0/s1. The zero-order valence-electron chi connectivity index (χ0n) is 39.2. The zero-order chi connectivity index (χ0) is 48.4. The molecule has 8 atom stereocenters.